The predicted molar refractivity (Wildman–Crippen MR) is 116 cm³/mol. The molecule has 2 heterocycles. The number of aryl methyl sites for hydroxylation is 1. The Labute approximate surface area is 182 Å². The Morgan fingerprint density at radius 1 is 1.19 bits per heavy atom. The average Bonchev–Trinajstić information content (AvgIpc) is 3.45. The van der Waals surface area contributed by atoms with Crippen molar-refractivity contribution in [1.82, 2.24) is 14.8 Å². The second-order valence-corrected chi connectivity index (χ2v) is 7.65. The average molecular weight is 437 g/mol. The van der Waals surface area contributed by atoms with E-state index in [1.807, 2.05) is 30.5 Å². The van der Waals surface area contributed by atoms with Crippen LogP contribution in [0.25, 0.3) is 16.9 Å². The highest BCUT2D eigenvalue weighted by Gasteiger charge is 2.21. The number of benzene rings is 2. The first-order valence-corrected chi connectivity index (χ1v) is 10.6. The normalized spacial score (nSPS) is 10.8. The molecule has 0 bridgehead atoms. The number of aromatic nitrogens is 3. The van der Waals surface area contributed by atoms with Crippen molar-refractivity contribution in [2.75, 3.05) is 7.11 Å². The Hall–Kier alpha value is -3.52. The van der Waals surface area contributed by atoms with Crippen LogP contribution in [0.2, 0.25) is 0 Å². The Kier molecular flexibility index (Phi) is 6.08. The van der Waals surface area contributed by atoms with Crippen molar-refractivity contribution in [3.05, 3.63) is 82.2 Å². The first-order valence-electron chi connectivity index (χ1n) is 9.68. The Balaban J connectivity index is 1.68. The fourth-order valence-electron chi connectivity index (χ4n) is 3.03. The van der Waals surface area contributed by atoms with Gasteiger partial charge in [0, 0.05) is 17.1 Å². The maximum Gasteiger partial charge on any atom is 0.342 e. The van der Waals surface area contributed by atoms with Crippen LogP contribution in [-0.4, -0.2) is 27.8 Å². The van der Waals surface area contributed by atoms with E-state index in [9.17, 15) is 9.18 Å². The van der Waals surface area contributed by atoms with Crippen molar-refractivity contribution < 1.29 is 18.7 Å². The molecule has 8 heteroatoms. The molecule has 158 valence electrons. The molecule has 0 saturated carbocycles. The van der Waals surface area contributed by atoms with Crippen molar-refractivity contribution >= 4 is 17.3 Å². The molecule has 31 heavy (non-hydrogen) atoms. The van der Waals surface area contributed by atoms with Crippen molar-refractivity contribution in [2.24, 2.45) is 0 Å². The van der Waals surface area contributed by atoms with Gasteiger partial charge in [0.05, 0.1) is 23.5 Å². The van der Waals surface area contributed by atoms with Crippen molar-refractivity contribution in [3.8, 4) is 22.7 Å². The third-order valence-corrected chi connectivity index (χ3v) is 5.66. The van der Waals surface area contributed by atoms with Crippen LogP contribution in [0.15, 0.2) is 60.1 Å². The van der Waals surface area contributed by atoms with E-state index >= 15 is 0 Å². The molecule has 4 rings (SSSR count). The molecule has 0 aliphatic carbocycles. The Morgan fingerprint density at radius 2 is 2.00 bits per heavy atom. The summed E-state index contributed by atoms with van der Waals surface area (Å²) in [5, 5.41) is 7.45. The van der Waals surface area contributed by atoms with Gasteiger partial charge in [0.2, 0.25) is 0 Å². The summed E-state index contributed by atoms with van der Waals surface area (Å²) < 4.78 is 25.7. The second kappa shape index (κ2) is 9.09. The number of thiazole rings is 1. The summed E-state index contributed by atoms with van der Waals surface area (Å²) >= 11 is 1.54. The van der Waals surface area contributed by atoms with Crippen LogP contribution in [0.4, 0.5) is 4.39 Å². The number of hydrogen-bond acceptors (Lipinski definition) is 6. The highest BCUT2D eigenvalue weighted by atomic mass is 32.1. The number of hydrogen-bond donors (Lipinski definition) is 0. The molecule has 0 saturated heterocycles. The lowest BCUT2D eigenvalue weighted by atomic mass is 10.1. The Bertz CT molecular complexity index is 1200. The first-order chi connectivity index (χ1) is 15.1. The molecule has 0 N–H and O–H groups in total. The molecule has 0 spiro atoms. The quantitative estimate of drug-likeness (QED) is 0.378. The minimum atomic E-state index is -0.516. The van der Waals surface area contributed by atoms with Crippen LogP contribution in [0.5, 0.6) is 5.75 Å². The van der Waals surface area contributed by atoms with Gasteiger partial charge in [0.1, 0.15) is 29.4 Å². The van der Waals surface area contributed by atoms with Gasteiger partial charge >= 0.3 is 5.97 Å². The fraction of sp³-hybridized carbons (Fsp3) is 0.174. The molecule has 6 nitrogen and oxygen atoms in total. The summed E-state index contributed by atoms with van der Waals surface area (Å²) in [5.74, 6) is -0.224. The molecular weight excluding hydrogens is 417 g/mol. The predicted octanol–water partition coefficient (Wildman–Crippen LogP) is 5.06. The third kappa shape index (κ3) is 4.64. The van der Waals surface area contributed by atoms with E-state index in [1.165, 1.54) is 16.8 Å². The van der Waals surface area contributed by atoms with Gasteiger partial charge < -0.3 is 9.47 Å². The van der Waals surface area contributed by atoms with Crippen LogP contribution in [0, 0.1) is 5.82 Å². The number of carbonyl (C=O) groups excluding carboxylic acids is 1. The zero-order valence-corrected chi connectivity index (χ0v) is 17.9. The smallest absolute Gasteiger partial charge is 0.342 e. The maximum atomic E-state index is 13.3. The van der Waals surface area contributed by atoms with Gasteiger partial charge in [-0.3, -0.25) is 0 Å². The van der Waals surface area contributed by atoms with Crippen LogP contribution >= 0.6 is 11.3 Å². The first kappa shape index (κ1) is 20.7. The van der Waals surface area contributed by atoms with Crippen molar-refractivity contribution in [2.45, 2.75) is 20.0 Å². The van der Waals surface area contributed by atoms with Gasteiger partial charge in [0.15, 0.2) is 0 Å². The molecule has 0 fully saturated rings. The molecular formula is C23H20FN3O3S. The highest BCUT2D eigenvalue weighted by molar-refractivity contribution is 7.09. The zero-order chi connectivity index (χ0) is 21.8. The molecule has 0 aliphatic heterocycles. The summed E-state index contributed by atoms with van der Waals surface area (Å²) in [5.41, 5.74) is 2.78. The number of ether oxygens (including phenoxy) is 2. The van der Waals surface area contributed by atoms with Gasteiger partial charge in [-0.15, -0.1) is 11.3 Å². The number of halogens is 1. The lowest BCUT2D eigenvalue weighted by Gasteiger charge is -2.05. The summed E-state index contributed by atoms with van der Waals surface area (Å²) in [6.07, 6.45) is 2.42. The summed E-state index contributed by atoms with van der Waals surface area (Å²) in [6.45, 7) is 2.10. The molecule has 0 aliphatic rings. The van der Waals surface area contributed by atoms with Gasteiger partial charge in [0.25, 0.3) is 0 Å². The SMILES string of the molecule is CCc1nc(COC(=O)c2cn(-c3ccc(F)cc3)nc2-c2cccc(OC)c2)cs1. The lowest BCUT2D eigenvalue weighted by Crippen LogP contribution is -2.06. The monoisotopic (exact) mass is 437 g/mol. The largest absolute Gasteiger partial charge is 0.497 e. The number of methoxy groups -OCH3 is 1. The molecule has 0 amide bonds. The van der Waals surface area contributed by atoms with E-state index in [0.29, 0.717) is 34.0 Å². The lowest BCUT2D eigenvalue weighted by molar-refractivity contribution is 0.0469. The van der Waals surface area contributed by atoms with E-state index in [-0.39, 0.29) is 12.4 Å². The number of esters is 1. The molecule has 0 radical (unpaired) electrons. The van der Waals surface area contributed by atoms with Crippen LogP contribution in [-0.2, 0) is 17.8 Å². The summed E-state index contributed by atoms with van der Waals surface area (Å²) in [7, 11) is 1.57. The molecule has 0 atom stereocenters. The van der Waals surface area contributed by atoms with Gasteiger partial charge in [-0.1, -0.05) is 19.1 Å². The standard InChI is InChI=1S/C23H20FN3O3S/c1-3-21-25-17(14-31-21)13-30-23(28)20-12-27(18-9-7-16(24)8-10-18)26-22(20)15-5-4-6-19(11-15)29-2/h4-12,14H,3,13H2,1-2H3. The fourth-order valence-corrected chi connectivity index (χ4v) is 3.76. The third-order valence-electron chi connectivity index (χ3n) is 4.62. The topological polar surface area (TPSA) is 66.2 Å². The van der Waals surface area contributed by atoms with Crippen LogP contribution in [0.3, 0.4) is 0 Å². The van der Waals surface area contributed by atoms with E-state index in [0.717, 1.165) is 11.4 Å². The minimum Gasteiger partial charge on any atom is -0.497 e. The molecule has 4 aromatic rings. The van der Waals surface area contributed by atoms with Crippen molar-refractivity contribution in [3.63, 3.8) is 0 Å². The van der Waals surface area contributed by atoms with E-state index in [1.54, 1.807) is 42.8 Å². The maximum absolute atomic E-state index is 13.3. The Morgan fingerprint density at radius 3 is 2.71 bits per heavy atom. The van der Waals surface area contributed by atoms with E-state index < -0.39 is 5.97 Å². The summed E-state index contributed by atoms with van der Waals surface area (Å²) in [6, 6.07) is 13.1. The van der Waals surface area contributed by atoms with Crippen LogP contribution < -0.4 is 4.74 Å². The van der Waals surface area contributed by atoms with Crippen LogP contribution in [0.1, 0.15) is 28.0 Å². The van der Waals surface area contributed by atoms with Crippen molar-refractivity contribution in [1.29, 1.82) is 0 Å². The second-order valence-electron chi connectivity index (χ2n) is 6.71. The van der Waals surface area contributed by atoms with Gasteiger partial charge in [-0.2, -0.15) is 5.10 Å². The van der Waals surface area contributed by atoms with Gasteiger partial charge in [-0.05, 0) is 42.8 Å². The van der Waals surface area contributed by atoms with E-state index in [2.05, 4.69) is 10.1 Å². The zero-order valence-electron chi connectivity index (χ0n) is 17.0. The number of rotatable bonds is 7. The summed E-state index contributed by atoms with van der Waals surface area (Å²) in [4.78, 5) is 17.4. The minimum absolute atomic E-state index is 0.0780. The number of nitrogens with zero attached hydrogens (tertiary/aromatic N) is 3. The molecule has 2 aromatic heterocycles. The van der Waals surface area contributed by atoms with E-state index in [4.69, 9.17) is 9.47 Å². The number of carbonyl (C=O) groups is 1. The molecule has 2 aromatic carbocycles. The highest BCUT2D eigenvalue weighted by Crippen LogP contribution is 2.28. The molecule has 0 unspecified atom stereocenters. The van der Waals surface area contributed by atoms with Gasteiger partial charge in [-0.25, -0.2) is 18.9 Å².